The SMILES string of the molecule is O=C(COC(=O)CNC(=O)c1ccc(Cl)c(Cl)c1)Nc1ccccc1C(=O)NC1CCCC1. The summed E-state index contributed by atoms with van der Waals surface area (Å²) in [5, 5.41) is 8.45. The predicted molar refractivity (Wildman–Crippen MR) is 125 cm³/mol. The summed E-state index contributed by atoms with van der Waals surface area (Å²) in [4.78, 5) is 48.8. The molecule has 1 fully saturated rings. The zero-order valence-corrected chi connectivity index (χ0v) is 19.2. The number of amides is 3. The van der Waals surface area contributed by atoms with Crippen LogP contribution in [0.3, 0.4) is 0 Å². The first-order valence-corrected chi connectivity index (χ1v) is 11.2. The quantitative estimate of drug-likeness (QED) is 0.488. The molecular weight excluding hydrogens is 469 g/mol. The topological polar surface area (TPSA) is 114 Å². The molecule has 2 aromatic rings. The third-order valence-electron chi connectivity index (χ3n) is 5.08. The zero-order valence-electron chi connectivity index (χ0n) is 17.7. The maximum Gasteiger partial charge on any atom is 0.325 e. The molecule has 0 aliphatic heterocycles. The number of para-hydroxylation sites is 1. The van der Waals surface area contributed by atoms with Crippen LogP contribution in [0.2, 0.25) is 10.0 Å². The standard InChI is InChI=1S/C23H23Cl2N3O5/c24-17-10-9-14(11-18(17)25)22(31)26-12-21(30)33-13-20(29)28-19-8-4-3-7-16(19)23(32)27-15-5-1-2-6-15/h3-4,7-11,15H,1-2,5-6,12-13H2,(H,26,31)(H,27,32)(H,28,29). The van der Waals surface area contributed by atoms with E-state index in [0.29, 0.717) is 16.3 Å². The highest BCUT2D eigenvalue weighted by atomic mass is 35.5. The minimum atomic E-state index is -0.800. The van der Waals surface area contributed by atoms with Crippen LogP contribution in [-0.2, 0) is 14.3 Å². The second kappa shape index (κ2) is 11.7. The van der Waals surface area contributed by atoms with Gasteiger partial charge in [-0.05, 0) is 43.2 Å². The van der Waals surface area contributed by atoms with E-state index in [1.807, 2.05) is 0 Å². The van der Waals surface area contributed by atoms with Gasteiger partial charge in [0, 0.05) is 11.6 Å². The summed E-state index contributed by atoms with van der Waals surface area (Å²) in [5.74, 6) is -2.22. The summed E-state index contributed by atoms with van der Waals surface area (Å²) >= 11 is 11.7. The lowest BCUT2D eigenvalue weighted by molar-refractivity contribution is -0.146. The Morgan fingerprint density at radius 3 is 2.39 bits per heavy atom. The van der Waals surface area contributed by atoms with Crippen molar-refractivity contribution in [2.24, 2.45) is 0 Å². The van der Waals surface area contributed by atoms with Gasteiger partial charge in [0.1, 0.15) is 6.54 Å². The Bertz CT molecular complexity index is 1050. The van der Waals surface area contributed by atoms with Crippen LogP contribution in [0.1, 0.15) is 46.4 Å². The molecule has 33 heavy (non-hydrogen) atoms. The molecule has 1 aliphatic rings. The first-order valence-electron chi connectivity index (χ1n) is 10.4. The van der Waals surface area contributed by atoms with E-state index in [9.17, 15) is 19.2 Å². The van der Waals surface area contributed by atoms with Crippen LogP contribution in [-0.4, -0.2) is 42.9 Å². The highest BCUT2D eigenvalue weighted by Crippen LogP contribution is 2.22. The fourth-order valence-electron chi connectivity index (χ4n) is 3.40. The van der Waals surface area contributed by atoms with Crippen molar-refractivity contribution in [3.8, 4) is 0 Å². The second-order valence-corrected chi connectivity index (χ2v) is 8.34. The van der Waals surface area contributed by atoms with Gasteiger partial charge in [-0.15, -0.1) is 0 Å². The number of ether oxygens (including phenoxy) is 1. The molecule has 3 amide bonds. The Hall–Kier alpha value is -3.10. The maximum absolute atomic E-state index is 12.6. The number of carbonyl (C=O) groups excluding carboxylic acids is 4. The number of hydrogen-bond donors (Lipinski definition) is 3. The highest BCUT2D eigenvalue weighted by molar-refractivity contribution is 6.42. The second-order valence-electron chi connectivity index (χ2n) is 7.52. The van der Waals surface area contributed by atoms with Crippen molar-refractivity contribution in [1.29, 1.82) is 0 Å². The number of nitrogens with one attached hydrogen (secondary N) is 3. The van der Waals surface area contributed by atoms with Crippen molar-refractivity contribution in [2.75, 3.05) is 18.5 Å². The molecule has 0 bridgehead atoms. The molecule has 0 aromatic heterocycles. The van der Waals surface area contributed by atoms with Gasteiger partial charge in [-0.3, -0.25) is 19.2 Å². The fraction of sp³-hybridized carbons (Fsp3) is 0.304. The Morgan fingerprint density at radius 1 is 0.939 bits per heavy atom. The van der Waals surface area contributed by atoms with Crippen molar-refractivity contribution in [1.82, 2.24) is 10.6 Å². The fourth-order valence-corrected chi connectivity index (χ4v) is 3.70. The molecule has 0 unspecified atom stereocenters. The van der Waals surface area contributed by atoms with E-state index in [2.05, 4.69) is 16.0 Å². The van der Waals surface area contributed by atoms with E-state index < -0.39 is 30.9 Å². The van der Waals surface area contributed by atoms with Crippen LogP contribution < -0.4 is 16.0 Å². The lowest BCUT2D eigenvalue weighted by Gasteiger charge is -2.15. The summed E-state index contributed by atoms with van der Waals surface area (Å²) in [7, 11) is 0. The van der Waals surface area contributed by atoms with E-state index in [-0.39, 0.29) is 22.5 Å². The molecule has 0 heterocycles. The number of benzene rings is 2. The third kappa shape index (κ3) is 7.20. The summed E-state index contributed by atoms with van der Waals surface area (Å²) in [6.07, 6.45) is 4.06. The molecule has 1 aliphatic carbocycles. The first kappa shape index (κ1) is 24.5. The number of anilines is 1. The van der Waals surface area contributed by atoms with Crippen molar-refractivity contribution in [2.45, 2.75) is 31.7 Å². The summed E-state index contributed by atoms with van der Waals surface area (Å²) in [6.45, 7) is -1.01. The number of hydrogen-bond acceptors (Lipinski definition) is 5. The van der Waals surface area contributed by atoms with Gasteiger partial charge in [-0.1, -0.05) is 48.2 Å². The Kier molecular flexibility index (Phi) is 8.68. The molecule has 10 heteroatoms. The van der Waals surface area contributed by atoms with Crippen LogP contribution >= 0.6 is 23.2 Å². The molecule has 0 saturated heterocycles. The van der Waals surface area contributed by atoms with E-state index in [4.69, 9.17) is 27.9 Å². The monoisotopic (exact) mass is 491 g/mol. The minimum Gasteiger partial charge on any atom is -0.454 e. The first-order chi connectivity index (χ1) is 15.8. The number of carbonyl (C=O) groups is 4. The smallest absolute Gasteiger partial charge is 0.325 e. The molecule has 174 valence electrons. The van der Waals surface area contributed by atoms with Crippen LogP contribution in [0, 0.1) is 0 Å². The largest absolute Gasteiger partial charge is 0.454 e. The Morgan fingerprint density at radius 2 is 1.67 bits per heavy atom. The van der Waals surface area contributed by atoms with Gasteiger partial charge < -0.3 is 20.7 Å². The molecule has 1 saturated carbocycles. The normalized spacial score (nSPS) is 13.3. The average Bonchev–Trinajstić information content (AvgIpc) is 3.31. The molecule has 0 atom stereocenters. The summed E-state index contributed by atoms with van der Waals surface area (Å²) < 4.78 is 4.90. The zero-order chi connectivity index (χ0) is 23.8. The maximum atomic E-state index is 12.6. The molecule has 0 radical (unpaired) electrons. The number of esters is 1. The van der Waals surface area contributed by atoms with Crippen molar-refractivity contribution >= 4 is 52.6 Å². The van der Waals surface area contributed by atoms with Crippen LogP contribution in [0.5, 0.6) is 0 Å². The molecular formula is C23H23Cl2N3O5. The van der Waals surface area contributed by atoms with Gasteiger partial charge in [-0.25, -0.2) is 0 Å². The lowest BCUT2D eigenvalue weighted by Crippen LogP contribution is -2.34. The molecule has 2 aromatic carbocycles. The van der Waals surface area contributed by atoms with Crippen molar-refractivity contribution in [3.63, 3.8) is 0 Å². The van der Waals surface area contributed by atoms with E-state index in [1.165, 1.54) is 18.2 Å². The number of halogens is 2. The molecule has 3 N–H and O–H groups in total. The van der Waals surface area contributed by atoms with Crippen LogP contribution in [0.4, 0.5) is 5.69 Å². The Balaban J connectivity index is 1.46. The van der Waals surface area contributed by atoms with Gasteiger partial charge in [0.15, 0.2) is 6.61 Å². The Labute approximate surface area is 201 Å². The van der Waals surface area contributed by atoms with Gasteiger partial charge in [0.05, 0.1) is 21.3 Å². The van der Waals surface area contributed by atoms with Crippen molar-refractivity contribution in [3.05, 3.63) is 63.6 Å². The van der Waals surface area contributed by atoms with Crippen LogP contribution in [0.25, 0.3) is 0 Å². The minimum absolute atomic E-state index is 0.140. The van der Waals surface area contributed by atoms with Gasteiger partial charge in [-0.2, -0.15) is 0 Å². The molecule has 3 rings (SSSR count). The highest BCUT2D eigenvalue weighted by Gasteiger charge is 2.20. The van der Waals surface area contributed by atoms with Gasteiger partial charge in [0.25, 0.3) is 17.7 Å². The lowest BCUT2D eigenvalue weighted by atomic mass is 10.1. The van der Waals surface area contributed by atoms with Crippen LogP contribution in [0.15, 0.2) is 42.5 Å². The van der Waals surface area contributed by atoms with E-state index >= 15 is 0 Å². The van der Waals surface area contributed by atoms with Crippen molar-refractivity contribution < 1.29 is 23.9 Å². The number of rotatable bonds is 8. The summed E-state index contributed by atoms with van der Waals surface area (Å²) in [6, 6.07) is 11.0. The van der Waals surface area contributed by atoms with Gasteiger partial charge in [0.2, 0.25) is 0 Å². The van der Waals surface area contributed by atoms with E-state index in [1.54, 1.807) is 24.3 Å². The third-order valence-corrected chi connectivity index (χ3v) is 5.81. The molecule has 8 nitrogen and oxygen atoms in total. The summed E-state index contributed by atoms with van der Waals surface area (Å²) in [5.41, 5.74) is 0.877. The van der Waals surface area contributed by atoms with E-state index in [0.717, 1.165) is 25.7 Å². The average molecular weight is 492 g/mol. The molecule has 0 spiro atoms. The predicted octanol–water partition coefficient (Wildman–Crippen LogP) is 3.58. The van der Waals surface area contributed by atoms with Gasteiger partial charge >= 0.3 is 5.97 Å².